The first-order valence-electron chi connectivity index (χ1n) is 45.6. The van der Waals surface area contributed by atoms with E-state index in [4.69, 9.17) is 4.42 Å². The summed E-state index contributed by atoms with van der Waals surface area (Å²) >= 11 is 5.62. The molecule has 21 aromatic carbocycles. The predicted molar refractivity (Wildman–Crippen MR) is 576 cm³/mol. The van der Waals surface area contributed by atoms with Crippen LogP contribution in [0.4, 0.5) is 0 Å². The van der Waals surface area contributed by atoms with Crippen molar-refractivity contribution in [2.24, 2.45) is 0 Å². The van der Waals surface area contributed by atoms with E-state index in [0.29, 0.717) is 0 Å². The molecule has 628 valence electrons. The molecular formula is C126H80N4OS3. The van der Waals surface area contributed by atoms with Crippen LogP contribution in [-0.2, 0) is 0 Å². The van der Waals surface area contributed by atoms with Crippen LogP contribution in [0, 0.1) is 0 Å². The van der Waals surface area contributed by atoms with E-state index >= 15 is 0 Å². The second kappa shape index (κ2) is 32.7. The molecular weight excluding hydrogens is 1680 g/mol. The van der Waals surface area contributed by atoms with Gasteiger partial charge in [-0.3, -0.25) is 0 Å². The fourth-order valence-electron chi connectivity index (χ4n) is 20.6. The van der Waals surface area contributed by atoms with Crippen LogP contribution in [0.2, 0.25) is 0 Å². The van der Waals surface area contributed by atoms with Crippen molar-refractivity contribution in [2.75, 3.05) is 0 Å². The van der Waals surface area contributed by atoms with Crippen molar-refractivity contribution < 1.29 is 4.42 Å². The van der Waals surface area contributed by atoms with Crippen LogP contribution in [0.3, 0.4) is 0 Å². The van der Waals surface area contributed by atoms with Crippen LogP contribution in [0.25, 0.3) is 248 Å². The van der Waals surface area contributed by atoms with Gasteiger partial charge >= 0.3 is 0 Å². The van der Waals surface area contributed by atoms with Gasteiger partial charge in [0, 0.05) is 137 Å². The maximum absolute atomic E-state index is 6.02. The van der Waals surface area contributed by atoms with Crippen molar-refractivity contribution in [3.63, 3.8) is 0 Å². The van der Waals surface area contributed by atoms with Gasteiger partial charge in [0.1, 0.15) is 11.2 Å². The number of aromatic nitrogens is 4. The fraction of sp³-hybridized carbons (Fsp3) is 0. The van der Waals surface area contributed by atoms with Gasteiger partial charge in [0.05, 0.1) is 44.1 Å². The number of thiophene rings is 3. The highest BCUT2D eigenvalue weighted by Crippen LogP contribution is 2.47. The molecule has 0 unspecified atom stereocenters. The number of fused-ring (bicyclic) bond motifs is 24. The van der Waals surface area contributed by atoms with Gasteiger partial charge in [-0.25, -0.2) is 0 Å². The summed E-state index contributed by atoms with van der Waals surface area (Å²) in [5, 5.41) is 20.6. The molecule has 0 aliphatic carbocycles. The van der Waals surface area contributed by atoms with Gasteiger partial charge in [0.2, 0.25) is 0 Å². The average Bonchev–Trinajstić information content (AvgIpc) is 1.59. The van der Waals surface area contributed by atoms with E-state index in [1.807, 2.05) is 46.1 Å². The lowest BCUT2D eigenvalue weighted by molar-refractivity contribution is 0.669. The Hall–Kier alpha value is -16.7. The molecule has 134 heavy (non-hydrogen) atoms. The fourth-order valence-corrected chi connectivity index (χ4v) is 24.0. The van der Waals surface area contributed by atoms with E-state index in [0.717, 1.165) is 21.9 Å². The molecule has 29 rings (SSSR count). The maximum Gasteiger partial charge on any atom is 0.135 e. The highest BCUT2D eigenvalue weighted by atomic mass is 32.1. The Balaban J connectivity index is 0.0000000934. The summed E-state index contributed by atoms with van der Waals surface area (Å²) < 4.78 is 23.6. The molecule has 0 bridgehead atoms. The van der Waals surface area contributed by atoms with Crippen LogP contribution in [-0.4, -0.2) is 18.3 Å². The monoisotopic (exact) mass is 1760 g/mol. The van der Waals surface area contributed by atoms with E-state index in [2.05, 4.69) is 491 Å². The number of rotatable bonds is 9. The number of nitrogens with zero attached hydrogens (tertiary/aromatic N) is 4. The molecule has 0 saturated heterocycles. The van der Waals surface area contributed by atoms with Gasteiger partial charge in [-0.1, -0.05) is 303 Å². The third kappa shape index (κ3) is 13.5. The molecule has 8 aromatic heterocycles. The molecule has 8 heteroatoms. The summed E-state index contributed by atoms with van der Waals surface area (Å²) in [4.78, 5) is 0. The Morgan fingerprint density at radius 1 is 0.142 bits per heavy atom. The molecule has 0 radical (unpaired) electrons. The zero-order valence-electron chi connectivity index (χ0n) is 72.6. The molecule has 0 aliphatic heterocycles. The van der Waals surface area contributed by atoms with Crippen LogP contribution in [0.15, 0.2) is 490 Å². The Bertz CT molecular complexity index is 9380. The molecule has 29 aromatic rings. The summed E-state index contributed by atoms with van der Waals surface area (Å²) in [5.41, 5.74) is 28.9. The predicted octanol–water partition coefficient (Wildman–Crippen LogP) is 36.5. The van der Waals surface area contributed by atoms with Crippen molar-refractivity contribution >= 4 is 204 Å². The van der Waals surface area contributed by atoms with Crippen molar-refractivity contribution in [1.82, 2.24) is 18.3 Å². The highest BCUT2D eigenvalue weighted by Gasteiger charge is 2.22. The van der Waals surface area contributed by atoms with Crippen molar-refractivity contribution in [3.8, 4) is 78.4 Å². The summed E-state index contributed by atoms with van der Waals surface area (Å²) in [7, 11) is 0. The van der Waals surface area contributed by atoms with Gasteiger partial charge in [0.15, 0.2) is 0 Å². The number of hydrogen-bond acceptors (Lipinski definition) is 4. The zero-order valence-corrected chi connectivity index (χ0v) is 75.1. The smallest absolute Gasteiger partial charge is 0.135 e. The summed E-state index contributed by atoms with van der Waals surface area (Å²) in [6.07, 6.45) is 0. The minimum Gasteiger partial charge on any atom is -0.456 e. The number of furan rings is 1. The van der Waals surface area contributed by atoms with Gasteiger partial charge in [0.25, 0.3) is 0 Å². The highest BCUT2D eigenvalue weighted by molar-refractivity contribution is 7.27. The minimum absolute atomic E-state index is 0.928. The van der Waals surface area contributed by atoms with E-state index in [-0.39, 0.29) is 0 Å². The number of benzene rings is 21. The van der Waals surface area contributed by atoms with Crippen LogP contribution >= 0.6 is 34.0 Å². The Labute approximate surface area is 783 Å². The quantitative estimate of drug-likeness (QED) is 0.142. The second-order valence-corrected chi connectivity index (χ2v) is 37.7. The Morgan fingerprint density at radius 2 is 0.418 bits per heavy atom. The van der Waals surface area contributed by atoms with E-state index in [9.17, 15) is 0 Å². The van der Waals surface area contributed by atoms with E-state index in [1.165, 1.54) is 226 Å². The molecule has 0 fully saturated rings. The second-order valence-electron chi connectivity index (χ2n) is 34.5. The molecule has 5 nitrogen and oxygen atoms in total. The molecule has 0 amide bonds. The summed E-state index contributed by atoms with van der Waals surface area (Å²) in [6.45, 7) is 0. The first-order chi connectivity index (χ1) is 66.4. The first-order valence-corrected chi connectivity index (χ1v) is 48.0. The standard InChI is InChI=1S/C36H23NS.C30H19NO.2C30H19NS/c1-2-9-24(10-3-1)25-11-8-12-28(21-25)37-33-15-6-4-13-29(33)31-22-26(17-19-34(31)37)27-18-20-36-32(23-27)30-14-5-7-16-35(30)38-36;1-2-8-22(9-3-1)31-27-12-6-4-10-23(27)25-18-20(14-16-28(25)31)21-15-17-30-26(19-21)24-11-5-7-13-29(24)32-30;1-2-9-21(10-3-1)31-27-15-6-4-11-23(27)26-19-20(17-18-28(26)31)22-13-8-14-25-24-12-5-7-16-29(24)32-30(22)25;1-2-8-22(9-3-1)31-27-12-6-4-10-23(27)25-18-20(14-16-28(25)31)21-15-17-30-26(19-21)24-11-5-7-13-29(24)32-30/h1-23H;3*1-19H. The lowest BCUT2D eigenvalue weighted by Gasteiger charge is -2.11. The topological polar surface area (TPSA) is 32.9 Å². The van der Waals surface area contributed by atoms with Gasteiger partial charge in [-0.15, -0.1) is 34.0 Å². The van der Waals surface area contributed by atoms with Gasteiger partial charge in [-0.05, 0) is 238 Å². The third-order valence-corrected chi connectivity index (χ3v) is 30.3. The molecule has 0 spiro atoms. The summed E-state index contributed by atoms with van der Waals surface area (Å²) in [5.74, 6) is 0. The zero-order chi connectivity index (χ0) is 88.3. The van der Waals surface area contributed by atoms with Gasteiger partial charge < -0.3 is 22.7 Å². The van der Waals surface area contributed by atoms with Crippen LogP contribution < -0.4 is 0 Å². The maximum atomic E-state index is 6.02. The van der Waals surface area contributed by atoms with E-state index < -0.39 is 0 Å². The van der Waals surface area contributed by atoms with Crippen LogP contribution in [0.1, 0.15) is 0 Å². The third-order valence-electron chi connectivity index (χ3n) is 26.8. The molecule has 0 saturated carbocycles. The number of para-hydroxylation sites is 8. The molecule has 0 aliphatic rings. The first kappa shape index (κ1) is 78.3. The van der Waals surface area contributed by atoms with Crippen molar-refractivity contribution in [3.05, 3.63) is 485 Å². The lowest BCUT2D eigenvalue weighted by atomic mass is 10.0. The average molecular weight is 1760 g/mol. The van der Waals surface area contributed by atoms with Gasteiger partial charge in [-0.2, -0.15) is 0 Å². The Morgan fingerprint density at radius 3 is 0.873 bits per heavy atom. The normalized spacial score (nSPS) is 11.7. The van der Waals surface area contributed by atoms with E-state index in [1.54, 1.807) is 0 Å². The molecule has 8 heterocycles. The molecule has 0 N–H and O–H groups in total. The SMILES string of the molecule is c1ccc(-c2cccc(-n3c4ccccc4c4cc(-c5ccc6sc7ccccc7c6c5)ccc43)c2)cc1.c1ccc(-n2c3ccccc3c3cc(-c4ccc5oc6ccccc6c5c4)ccc32)cc1.c1ccc(-n2c3ccccc3c3cc(-c4ccc5sc6ccccc6c5c4)ccc32)cc1.c1ccc(-n2c3ccccc3c3cc(-c4cccc5c4sc4ccccc45)ccc32)cc1. The van der Waals surface area contributed by atoms with Crippen molar-refractivity contribution in [1.29, 1.82) is 0 Å². The minimum atomic E-state index is 0.928. The molecule has 0 atom stereocenters. The van der Waals surface area contributed by atoms with Crippen molar-refractivity contribution in [2.45, 2.75) is 0 Å². The lowest BCUT2D eigenvalue weighted by Crippen LogP contribution is -1.94. The summed E-state index contributed by atoms with van der Waals surface area (Å²) in [6, 6.07) is 175. The Kier molecular flexibility index (Phi) is 19.1. The largest absolute Gasteiger partial charge is 0.456 e. The number of hydrogen-bond donors (Lipinski definition) is 0. The van der Waals surface area contributed by atoms with Crippen LogP contribution in [0.5, 0.6) is 0 Å².